The van der Waals surface area contributed by atoms with Gasteiger partial charge >= 0.3 is 18.4 Å². The van der Waals surface area contributed by atoms with Crippen molar-refractivity contribution in [2.24, 2.45) is 5.41 Å². The predicted molar refractivity (Wildman–Crippen MR) is 134 cm³/mol. The highest BCUT2D eigenvalue weighted by molar-refractivity contribution is 5.82. The molecule has 2 aromatic carbocycles. The van der Waals surface area contributed by atoms with Crippen molar-refractivity contribution in [1.82, 2.24) is 5.32 Å². The molecular weight excluding hydrogens is 501 g/mol. The first kappa shape index (κ1) is 27.3. The van der Waals surface area contributed by atoms with Crippen LogP contribution in [0.15, 0.2) is 66.4 Å². The Morgan fingerprint density at radius 1 is 0.921 bits per heavy atom. The fraction of sp³-hybridized carbons (Fsp3) is 0.429. The molecule has 3 aliphatic carbocycles. The van der Waals surface area contributed by atoms with Gasteiger partial charge in [0, 0.05) is 5.70 Å². The van der Waals surface area contributed by atoms with Gasteiger partial charge < -0.3 is 24.8 Å². The number of halogens is 3. The number of rotatable bonds is 7. The summed E-state index contributed by atoms with van der Waals surface area (Å²) in [4.78, 5) is 26.1. The van der Waals surface area contributed by atoms with E-state index in [-0.39, 0.29) is 12.3 Å². The number of alkyl halides is 3. The highest BCUT2D eigenvalue weighted by atomic mass is 19.4. The van der Waals surface area contributed by atoms with E-state index >= 15 is 0 Å². The average molecular weight is 533 g/mol. The fourth-order valence-corrected chi connectivity index (χ4v) is 4.83. The molecular formula is C28H31F3N2O5. The van der Waals surface area contributed by atoms with E-state index in [2.05, 4.69) is 15.4 Å². The van der Waals surface area contributed by atoms with Crippen LogP contribution in [0.5, 0.6) is 5.75 Å². The number of alkyl carbamates (subject to hydrolysis) is 1. The molecule has 0 aliphatic heterocycles. The number of hydrogen-bond acceptors (Lipinski definition) is 6. The van der Waals surface area contributed by atoms with Crippen molar-refractivity contribution in [3.8, 4) is 5.75 Å². The minimum absolute atomic E-state index is 0.0433. The summed E-state index contributed by atoms with van der Waals surface area (Å²) in [5, 5.41) is 5.95. The Bertz CT molecular complexity index is 1200. The standard InChI is InChI=1S/C28H31F3N2O5/c1-25(2,3)38-23(34)26-13-15-27(16-14-26,33-24(35)36-18-19-9-5-4-6-10-19)22(17-26)32-20-11-7-8-12-21(20)37-28(29,30)31/h4-12,17,32H,13-16,18H2,1-3H3,(H,33,35). The molecule has 0 atom stereocenters. The van der Waals surface area contributed by atoms with Crippen LogP contribution in [0.1, 0.15) is 52.0 Å². The monoisotopic (exact) mass is 532 g/mol. The van der Waals surface area contributed by atoms with E-state index < -0.39 is 40.7 Å². The summed E-state index contributed by atoms with van der Waals surface area (Å²) in [6.45, 7) is 5.37. The Hall–Kier alpha value is -3.69. The quantitative estimate of drug-likeness (QED) is 0.398. The Balaban J connectivity index is 1.63. The number of carbonyl (C=O) groups excluding carboxylic acids is 2. The summed E-state index contributed by atoms with van der Waals surface area (Å²) in [5.41, 5.74) is -1.44. The molecule has 0 heterocycles. The van der Waals surface area contributed by atoms with Crippen LogP contribution in [-0.2, 0) is 20.9 Å². The summed E-state index contributed by atoms with van der Waals surface area (Å²) in [7, 11) is 0. The number of fused-ring (bicyclic) bond motifs is 2. The van der Waals surface area contributed by atoms with E-state index in [1.165, 1.54) is 18.2 Å². The minimum atomic E-state index is -4.90. The van der Waals surface area contributed by atoms with Crippen molar-refractivity contribution in [2.75, 3.05) is 5.32 Å². The van der Waals surface area contributed by atoms with Crippen molar-refractivity contribution in [2.45, 2.75) is 70.6 Å². The molecule has 0 radical (unpaired) electrons. The van der Waals surface area contributed by atoms with E-state index in [1.807, 2.05) is 30.3 Å². The molecule has 1 fully saturated rings. The van der Waals surface area contributed by atoms with Crippen LogP contribution in [0, 0.1) is 5.41 Å². The van der Waals surface area contributed by atoms with Gasteiger partial charge in [-0.15, -0.1) is 13.2 Å². The summed E-state index contributed by atoms with van der Waals surface area (Å²) < 4.78 is 54.5. The first-order valence-electron chi connectivity index (χ1n) is 12.4. The lowest BCUT2D eigenvalue weighted by Gasteiger charge is -2.51. The van der Waals surface area contributed by atoms with Crippen LogP contribution in [0.4, 0.5) is 23.7 Å². The van der Waals surface area contributed by atoms with Crippen molar-refractivity contribution in [3.63, 3.8) is 0 Å². The summed E-state index contributed by atoms with van der Waals surface area (Å²) in [5.74, 6) is -0.848. The SMILES string of the molecule is CC(C)(C)OC(=O)C12C=C(Nc3ccccc3OC(F)(F)F)C(NC(=O)OCc3ccccc3)(CC1)CC2. The van der Waals surface area contributed by atoms with Gasteiger partial charge in [0.1, 0.15) is 12.2 Å². The molecule has 0 aromatic heterocycles. The number of ether oxygens (including phenoxy) is 3. The van der Waals surface area contributed by atoms with Crippen LogP contribution in [0.2, 0.25) is 0 Å². The summed E-state index contributed by atoms with van der Waals surface area (Å²) in [6, 6.07) is 14.8. The van der Waals surface area contributed by atoms with Crippen molar-refractivity contribution >= 4 is 17.7 Å². The molecule has 1 saturated carbocycles. The van der Waals surface area contributed by atoms with Crippen LogP contribution < -0.4 is 15.4 Å². The number of anilines is 1. The van der Waals surface area contributed by atoms with Crippen LogP contribution in [0.25, 0.3) is 0 Å². The maximum absolute atomic E-state index is 13.2. The molecule has 0 spiro atoms. The number of esters is 1. The Morgan fingerprint density at radius 2 is 1.55 bits per heavy atom. The molecule has 3 aliphatic rings. The van der Waals surface area contributed by atoms with Crippen LogP contribution >= 0.6 is 0 Å². The van der Waals surface area contributed by atoms with Gasteiger partial charge in [-0.3, -0.25) is 4.79 Å². The number of hydrogen-bond donors (Lipinski definition) is 2. The summed E-state index contributed by atoms with van der Waals surface area (Å²) in [6.07, 6.45) is -2.39. The number of carbonyl (C=O) groups is 2. The van der Waals surface area contributed by atoms with Gasteiger partial charge in [0.15, 0.2) is 5.75 Å². The number of para-hydroxylation sites is 2. The maximum atomic E-state index is 13.2. The zero-order chi connectivity index (χ0) is 27.6. The topological polar surface area (TPSA) is 85.9 Å². The third-order valence-electron chi connectivity index (χ3n) is 6.67. The van der Waals surface area contributed by atoms with E-state index in [1.54, 1.807) is 32.9 Å². The molecule has 7 nitrogen and oxygen atoms in total. The normalized spacial score (nSPS) is 22.7. The molecule has 2 N–H and O–H groups in total. The van der Waals surface area contributed by atoms with Gasteiger partial charge in [-0.25, -0.2) is 4.79 Å². The van der Waals surface area contributed by atoms with E-state index in [9.17, 15) is 22.8 Å². The number of amides is 1. The molecule has 10 heteroatoms. The zero-order valence-corrected chi connectivity index (χ0v) is 21.5. The lowest BCUT2D eigenvalue weighted by atomic mass is 9.60. The van der Waals surface area contributed by atoms with Gasteiger partial charge in [0.05, 0.1) is 16.6 Å². The average Bonchev–Trinajstić information content (AvgIpc) is 2.84. The summed E-state index contributed by atoms with van der Waals surface area (Å²) >= 11 is 0. The third-order valence-corrected chi connectivity index (χ3v) is 6.67. The molecule has 2 aromatic rings. The van der Waals surface area contributed by atoms with E-state index in [0.717, 1.165) is 5.56 Å². The molecule has 1 amide bonds. The number of nitrogens with one attached hydrogen (secondary N) is 2. The molecule has 2 bridgehead atoms. The lowest BCUT2D eigenvalue weighted by molar-refractivity contribution is -0.274. The van der Waals surface area contributed by atoms with Gasteiger partial charge in [-0.2, -0.15) is 0 Å². The first-order chi connectivity index (χ1) is 17.8. The molecule has 0 saturated heterocycles. The molecule has 0 unspecified atom stereocenters. The molecule has 38 heavy (non-hydrogen) atoms. The minimum Gasteiger partial charge on any atom is -0.459 e. The highest BCUT2D eigenvalue weighted by Crippen LogP contribution is 2.52. The van der Waals surface area contributed by atoms with Gasteiger partial charge in [0.2, 0.25) is 0 Å². The van der Waals surface area contributed by atoms with Crippen molar-refractivity contribution in [1.29, 1.82) is 0 Å². The van der Waals surface area contributed by atoms with Crippen molar-refractivity contribution < 1.29 is 37.0 Å². The van der Waals surface area contributed by atoms with E-state index in [4.69, 9.17) is 9.47 Å². The van der Waals surface area contributed by atoms with Gasteiger partial charge in [0.25, 0.3) is 0 Å². The third kappa shape index (κ3) is 6.41. The first-order valence-corrected chi connectivity index (χ1v) is 12.4. The molecule has 204 valence electrons. The largest absolute Gasteiger partial charge is 0.573 e. The van der Waals surface area contributed by atoms with Crippen LogP contribution in [0.3, 0.4) is 0 Å². The zero-order valence-electron chi connectivity index (χ0n) is 21.5. The second kappa shape index (κ2) is 10.2. The van der Waals surface area contributed by atoms with Crippen molar-refractivity contribution in [3.05, 3.63) is 71.9 Å². The predicted octanol–water partition coefficient (Wildman–Crippen LogP) is 6.46. The molecule has 5 rings (SSSR count). The second-order valence-electron chi connectivity index (χ2n) is 10.7. The van der Waals surface area contributed by atoms with Gasteiger partial charge in [-0.05, 0) is 70.2 Å². The highest BCUT2D eigenvalue weighted by Gasteiger charge is 2.55. The maximum Gasteiger partial charge on any atom is 0.573 e. The van der Waals surface area contributed by atoms with Crippen LogP contribution in [-0.4, -0.2) is 29.6 Å². The smallest absolute Gasteiger partial charge is 0.459 e. The Morgan fingerprint density at radius 3 is 2.18 bits per heavy atom. The fourth-order valence-electron chi connectivity index (χ4n) is 4.83. The van der Waals surface area contributed by atoms with E-state index in [0.29, 0.717) is 31.4 Å². The Kier molecular flexibility index (Phi) is 7.36. The number of benzene rings is 2. The van der Waals surface area contributed by atoms with Gasteiger partial charge in [-0.1, -0.05) is 42.5 Å². The second-order valence-corrected chi connectivity index (χ2v) is 10.7. The Labute approximate surface area is 219 Å². The lowest BCUT2D eigenvalue weighted by Crippen LogP contribution is -2.60.